The van der Waals surface area contributed by atoms with Crippen LogP contribution in [0.2, 0.25) is 0 Å². The summed E-state index contributed by atoms with van der Waals surface area (Å²) in [7, 11) is 0. The van der Waals surface area contributed by atoms with Crippen molar-refractivity contribution in [3.63, 3.8) is 0 Å². The number of hydrogen-bond acceptors (Lipinski definition) is 6. The first-order valence-corrected chi connectivity index (χ1v) is 9.32. The van der Waals surface area contributed by atoms with E-state index in [-0.39, 0.29) is 0 Å². The Bertz CT molecular complexity index is 515. The molecular weight excluding hydrogens is 304 g/mol. The summed E-state index contributed by atoms with van der Waals surface area (Å²) in [5, 5.41) is 7.84. The van der Waals surface area contributed by atoms with E-state index in [1.165, 1.54) is 51.4 Å². The zero-order chi connectivity index (χ0) is 17.0. The second kappa shape index (κ2) is 10.9. The lowest BCUT2D eigenvalue weighted by Crippen LogP contribution is -1.90. The van der Waals surface area contributed by atoms with Gasteiger partial charge in [-0.05, 0) is 12.8 Å². The number of unbranched alkanes of at least 4 members (excludes halogenated alkanes) is 9. The van der Waals surface area contributed by atoms with Crippen molar-refractivity contribution in [2.75, 3.05) is 0 Å². The van der Waals surface area contributed by atoms with Crippen LogP contribution >= 0.6 is 0 Å². The summed E-state index contributed by atoms with van der Waals surface area (Å²) in [4.78, 5) is 8.45. The van der Waals surface area contributed by atoms with E-state index in [1.54, 1.807) is 0 Å². The van der Waals surface area contributed by atoms with Crippen LogP contribution in [0.15, 0.2) is 9.05 Å². The Balaban J connectivity index is 1.32. The fourth-order valence-corrected chi connectivity index (χ4v) is 2.87. The first-order valence-electron chi connectivity index (χ1n) is 9.32. The van der Waals surface area contributed by atoms with Crippen molar-refractivity contribution in [3.05, 3.63) is 23.4 Å². The third-order valence-corrected chi connectivity index (χ3v) is 4.19. The predicted octanol–water partition coefficient (Wildman–Crippen LogP) is 4.76. The molecule has 2 heterocycles. The molecule has 134 valence electrons. The van der Waals surface area contributed by atoms with Gasteiger partial charge in [0, 0.05) is 26.7 Å². The SMILES string of the molecule is Cc1nc(CCCCCCCCCCCCc2noc(C)n2)no1. The Labute approximate surface area is 144 Å². The minimum atomic E-state index is 0.664. The summed E-state index contributed by atoms with van der Waals surface area (Å²) < 4.78 is 9.94. The molecule has 0 unspecified atom stereocenters. The number of aryl methyl sites for hydroxylation is 4. The quantitative estimate of drug-likeness (QED) is 0.492. The van der Waals surface area contributed by atoms with Crippen LogP contribution in [0, 0.1) is 13.8 Å². The van der Waals surface area contributed by atoms with E-state index in [0.29, 0.717) is 11.8 Å². The van der Waals surface area contributed by atoms with Gasteiger partial charge in [0.05, 0.1) is 0 Å². The monoisotopic (exact) mass is 334 g/mol. The maximum absolute atomic E-state index is 4.97. The van der Waals surface area contributed by atoms with Gasteiger partial charge in [-0.25, -0.2) is 0 Å². The van der Waals surface area contributed by atoms with E-state index in [2.05, 4.69) is 20.3 Å². The molecule has 0 aliphatic rings. The Hall–Kier alpha value is -1.72. The molecular formula is C18H30N4O2. The van der Waals surface area contributed by atoms with E-state index in [4.69, 9.17) is 9.05 Å². The summed E-state index contributed by atoms with van der Waals surface area (Å²) in [6.07, 6.45) is 14.7. The second-order valence-corrected chi connectivity index (χ2v) is 6.49. The minimum Gasteiger partial charge on any atom is -0.340 e. The van der Waals surface area contributed by atoms with Crippen molar-refractivity contribution in [1.82, 2.24) is 20.3 Å². The van der Waals surface area contributed by atoms with Gasteiger partial charge in [0.2, 0.25) is 11.8 Å². The van der Waals surface area contributed by atoms with Crippen LogP contribution in [0.1, 0.15) is 87.6 Å². The third-order valence-electron chi connectivity index (χ3n) is 4.19. The average molecular weight is 334 g/mol. The van der Waals surface area contributed by atoms with E-state index in [9.17, 15) is 0 Å². The molecule has 0 N–H and O–H groups in total. The van der Waals surface area contributed by atoms with Gasteiger partial charge in [-0.3, -0.25) is 0 Å². The Morgan fingerprint density at radius 2 is 0.875 bits per heavy atom. The zero-order valence-electron chi connectivity index (χ0n) is 15.1. The second-order valence-electron chi connectivity index (χ2n) is 6.49. The molecule has 0 spiro atoms. The molecule has 0 aliphatic carbocycles. The number of rotatable bonds is 13. The Morgan fingerprint density at radius 3 is 1.17 bits per heavy atom. The van der Waals surface area contributed by atoms with Crippen LogP contribution in [-0.2, 0) is 12.8 Å². The molecule has 2 aromatic heterocycles. The average Bonchev–Trinajstić information content (AvgIpc) is 3.17. The van der Waals surface area contributed by atoms with Crippen LogP contribution in [0.4, 0.5) is 0 Å². The van der Waals surface area contributed by atoms with Crippen LogP contribution in [0.25, 0.3) is 0 Å². The summed E-state index contributed by atoms with van der Waals surface area (Å²) >= 11 is 0. The molecule has 0 aliphatic heterocycles. The molecule has 2 rings (SSSR count). The molecule has 0 amide bonds. The van der Waals surface area contributed by atoms with Crippen molar-refractivity contribution in [2.45, 2.75) is 90.9 Å². The molecule has 2 aromatic rings. The molecule has 24 heavy (non-hydrogen) atoms. The lowest BCUT2D eigenvalue weighted by atomic mass is 10.0. The predicted molar refractivity (Wildman–Crippen MR) is 91.6 cm³/mol. The topological polar surface area (TPSA) is 77.8 Å². The summed E-state index contributed by atoms with van der Waals surface area (Å²) in [6, 6.07) is 0. The van der Waals surface area contributed by atoms with Crippen LogP contribution in [0.3, 0.4) is 0 Å². The van der Waals surface area contributed by atoms with Crippen LogP contribution in [-0.4, -0.2) is 20.3 Å². The molecule has 0 radical (unpaired) electrons. The van der Waals surface area contributed by atoms with Crippen molar-refractivity contribution < 1.29 is 9.05 Å². The van der Waals surface area contributed by atoms with E-state index >= 15 is 0 Å². The molecule has 0 fully saturated rings. The molecule has 0 bridgehead atoms. The van der Waals surface area contributed by atoms with E-state index in [0.717, 1.165) is 37.3 Å². The van der Waals surface area contributed by atoms with Gasteiger partial charge in [0.15, 0.2) is 11.6 Å². The largest absolute Gasteiger partial charge is 0.340 e. The van der Waals surface area contributed by atoms with Gasteiger partial charge in [-0.1, -0.05) is 61.7 Å². The van der Waals surface area contributed by atoms with Gasteiger partial charge in [0.25, 0.3) is 0 Å². The maximum Gasteiger partial charge on any atom is 0.223 e. The molecule has 6 heteroatoms. The first kappa shape index (κ1) is 18.6. The van der Waals surface area contributed by atoms with Gasteiger partial charge < -0.3 is 9.05 Å². The maximum atomic E-state index is 4.97. The summed E-state index contributed by atoms with van der Waals surface area (Å²) in [6.45, 7) is 3.67. The highest BCUT2D eigenvalue weighted by Gasteiger charge is 2.02. The van der Waals surface area contributed by atoms with Gasteiger partial charge in [-0.15, -0.1) is 0 Å². The normalized spacial score (nSPS) is 11.2. The minimum absolute atomic E-state index is 0.664. The van der Waals surface area contributed by atoms with E-state index < -0.39 is 0 Å². The highest BCUT2D eigenvalue weighted by Crippen LogP contribution is 2.12. The standard InChI is InChI=1S/C18H30N4O2/c1-15-19-17(21-23-15)13-11-9-7-5-3-4-6-8-10-12-14-18-20-16(2)24-22-18/h3-14H2,1-2H3. The molecule has 0 saturated carbocycles. The first-order chi connectivity index (χ1) is 11.7. The van der Waals surface area contributed by atoms with E-state index in [1.807, 2.05) is 13.8 Å². The Morgan fingerprint density at radius 1 is 0.542 bits per heavy atom. The summed E-state index contributed by atoms with van der Waals surface area (Å²) in [5.41, 5.74) is 0. The van der Waals surface area contributed by atoms with Gasteiger partial charge >= 0.3 is 0 Å². The lowest BCUT2D eigenvalue weighted by Gasteiger charge is -2.02. The highest BCUT2D eigenvalue weighted by molar-refractivity contribution is 4.84. The Kier molecular flexibility index (Phi) is 8.49. The van der Waals surface area contributed by atoms with Gasteiger partial charge in [0.1, 0.15) is 0 Å². The molecule has 0 atom stereocenters. The molecule has 6 nitrogen and oxygen atoms in total. The fourth-order valence-electron chi connectivity index (χ4n) is 2.87. The number of nitrogens with zero attached hydrogens (tertiary/aromatic N) is 4. The molecule has 0 saturated heterocycles. The summed E-state index contributed by atoms with van der Waals surface area (Å²) in [5.74, 6) is 3.03. The number of hydrogen-bond donors (Lipinski definition) is 0. The third kappa shape index (κ3) is 7.70. The highest BCUT2D eigenvalue weighted by atomic mass is 16.5. The zero-order valence-corrected chi connectivity index (χ0v) is 15.1. The smallest absolute Gasteiger partial charge is 0.223 e. The fraction of sp³-hybridized carbons (Fsp3) is 0.778. The van der Waals surface area contributed by atoms with Crippen molar-refractivity contribution in [1.29, 1.82) is 0 Å². The van der Waals surface area contributed by atoms with Crippen molar-refractivity contribution >= 4 is 0 Å². The van der Waals surface area contributed by atoms with Crippen molar-refractivity contribution in [3.8, 4) is 0 Å². The van der Waals surface area contributed by atoms with Crippen molar-refractivity contribution in [2.24, 2.45) is 0 Å². The molecule has 0 aromatic carbocycles. The van der Waals surface area contributed by atoms with Crippen LogP contribution in [0.5, 0.6) is 0 Å². The van der Waals surface area contributed by atoms with Crippen LogP contribution < -0.4 is 0 Å². The number of aromatic nitrogens is 4. The van der Waals surface area contributed by atoms with Gasteiger partial charge in [-0.2, -0.15) is 9.97 Å². The lowest BCUT2D eigenvalue weighted by molar-refractivity contribution is 0.386.